The van der Waals surface area contributed by atoms with E-state index in [1.54, 1.807) is 19.2 Å². The number of halogens is 1. The molecule has 7 heteroatoms. The van der Waals surface area contributed by atoms with Gasteiger partial charge in [0.25, 0.3) is 5.91 Å². The first kappa shape index (κ1) is 18.6. The van der Waals surface area contributed by atoms with Crippen LogP contribution >= 0.6 is 11.6 Å². The van der Waals surface area contributed by atoms with Gasteiger partial charge in [0.1, 0.15) is 11.8 Å². The Morgan fingerprint density at radius 3 is 2.31 bits per heavy atom. The number of imide groups is 1. The second kappa shape index (κ2) is 6.83. The van der Waals surface area contributed by atoms with E-state index in [9.17, 15) is 9.59 Å². The molecule has 3 atom stereocenters. The Morgan fingerprint density at radius 2 is 1.66 bits per heavy atom. The van der Waals surface area contributed by atoms with Crippen molar-refractivity contribution in [1.29, 1.82) is 0 Å². The van der Waals surface area contributed by atoms with Crippen LogP contribution in [-0.4, -0.2) is 48.1 Å². The van der Waals surface area contributed by atoms with Gasteiger partial charge in [-0.2, -0.15) is 0 Å². The lowest BCUT2D eigenvalue weighted by atomic mass is 9.90. The van der Waals surface area contributed by atoms with Gasteiger partial charge in [-0.1, -0.05) is 29.8 Å². The maximum absolute atomic E-state index is 13.5. The molecule has 2 aromatic rings. The van der Waals surface area contributed by atoms with E-state index in [1.165, 1.54) is 4.90 Å². The highest BCUT2D eigenvalue weighted by Crippen LogP contribution is 2.49. The first-order chi connectivity index (χ1) is 14.0. The number of carbonyl (C=O) groups excluding carboxylic acids is 2. The summed E-state index contributed by atoms with van der Waals surface area (Å²) < 4.78 is 5.27. The summed E-state index contributed by atoms with van der Waals surface area (Å²) in [5.41, 5.74) is 2.48. The highest BCUT2D eigenvalue weighted by atomic mass is 35.5. The largest absolute Gasteiger partial charge is 0.497 e. The van der Waals surface area contributed by atoms with Crippen LogP contribution in [0.5, 0.6) is 5.75 Å². The number of nitrogens with zero attached hydrogens (tertiary/aromatic N) is 3. The summed E-state index contributed by atoms with van der Waals surface area (Å²) in [6, 6.07) is 12.5. The Hall–Kier alpha value is -2.41. The van der Waals surface area contributed by atoms with Gasteiger partial charge in [0.15, 0.2) is 0 Å². The summed E-state index contributed by atoms with van der Waals surface area (Å²) in [7, 11) is 1.63. The second-order valence-corrected chi connectivity index (χ2v) is 8.22. The van der Waals surface area contributed by atoms with Crippen molar-refractivity contribution in [3.63, 3.8) is 0 Å². The molecule has 0 bridgehead atoms. The number of aryl methyl sites for hydroxylation is 1. The number of anilines is 1. The minimum atomic E-state index is -0.461. The van der Waals surface area contributed by atoms with E-state index in [0.717, 1.165) is 36.4 Å². The number of carbonyl (C=O) groups is 2. The third-order valence-electron chi connectivity index (χ3n) is 6.28. The molecule has 3 aliphatic heterocycles. The third-order valence-corrected chi connectivity index (χ3v) is 6.68. The molecule has 0 unspecified atom stereocenters. The molecule has 29 heavy (non-hydrogen) atoms. The fourth-order valence-corrected chi connectivity index (χ4v) is 5.06. The van der Waals surface area contributed by atoms with Gasteiger partial charge in [-0.15, -0.1) is 0 Å². The molecule has 2 aromatic carbocycles. The van der Waals surface area contributed by atoms with Crippen molar-refractivity contribution in [3.05, 3.63) is 58.6 Å². The minimum Gasteiger partial charge on any atom is -0.497 e. The first-order valence-electron chi connectivity index (χ1n) is 9.82. The third kappa shape index (κ3) is 2.70. The van der Waals surface area contributed by atoms with Gasteiger partial charge in [0.2, 0.25) is 5.91 Å². The smallest absolute Gasteiger partial charge is 0.253 e. The molecule has 0 spiro atoms. The lowest BCUT2D eigenvalue weighted by Crippen LogP contribution is -2.44. The van der Waals surface area contributed by atoms with Crippen LogP contribution in [0.15, 0.2) is 42.5 Å². The topological polar surface area (TPSA) is 53.1 Å². The second-order valence-electron chi connectivity index (χ2n) is 7.81. The number of amides is 2. The molecule has 0 radical (unpaired) electrons. The Morgan fingerprint density at radius 1 is 0.966 bits per heavy atom. The van der Waals surface area contributed by atoms with Crippen LogP contribution in [0.4, 0.5) is 5.69 Å². The zero-order valence-electron chi connectivity index (χ0n) is 16.3. The average Bonchev–Trinajstić information content (AvgIpc) is 3.37. The van der Waals surface area contributed by atoms with E-state index in [2.05, 4.69) is 10.0 Å². The molecule has 0 N–H and O–H groups in total. The highest BCUT2D eigenvalue weighted by Gasteiger charge is 2.62. The summed E-state index contributed by atoms with van der Waals surface area (Å²) in [6.07, 6.45) is 0.980. The van der Waals surface area contributed by atoms with Gasteiger partial charge in [-0.05, 0) is 48.7 Å². The van der Waals surface area contributed by atoms with Crippen molar-refractivity contribution in [3.8, 4) is 5.75 Å². The number of hydrogen-bond acceptors (Lipinski definition) is 5. The van der Waals surface area contributed by atoms with Crippen LogP contribution in [0.1, 0.15) is 23.6 Å². The summed E-state index contributed by atoms with van der Waals surface area (Å²) in [4.78, 5) is 28.2. The molecule has 150 valence electrons. The standard InChI is InChI=1S/C22H22ClN3O3/c1-13-4-7-15(12-17(13)23)26-21(27)18-19(14-5-8-16(29-2)9-6-14)24-10-3-11-25(24)20(18)22(26)28/h4-9,12,18-20H,3,10-11H2,1-2H3/t18-,19+,20+/m1/s1. The Balaban J connectivity index is 1.56. The molecule has 3 aliphatic rings. The zero-order valence-corrected chi connectivity index (χ0v) is 17.1. The van der Waals surface area contributed by atoms with Gasteiger partial charge >= 0.3 is 0 Å². The molecule has 6 nitrogen and oxygen atoms in total. The van der Waals surface area contributed by atoms with Gasteiger partial charge in [0, 0.05) is 18.1 Å². The van der Waals surface area contributed by atoms with Crippen LogP contribution in [0.25, 0.3) is 0 Å². The normalized spacial score (nSPS) is 26.9. The first-order valence-corrected chi connectivity index (χ1v) is 10.2. The predicted molar refractivity (Wildman–Crippen MR) is 110 cm³/mol. The summed E-state index contributed by atoms with van der Waals surface area (Å²) in [5.74, 6) is 0.0144. The number of hydrazine groups is 1. The lowest BCUT2D eigenvalue weighted by Gasteiger charge is -2.30. The van der Waals surface area contributed by atoms with Crippen LogP contribution in [-0.2, 0) is 9.59 Å². The summed E-state index contributed by atoms with van der Waals surface area (Å²) in [5, 5.41) is 4.84. The minimum absolute atomic E-state index is 0.157. The zero-order chi connectivity index (χ0) is 20.3. The van der Waals surface area contributed by atoms with Crippen molar-refractivity contribution < 1.29 is 14.3 Å². The molecule has 0 aromatic heterocycles. The number of benzene rings is 2. The van der Waals surface area contributed by atoms with Gasteiger partial charge in [0.05, 0.1) is 24.8 Å². The lowest BCUT2D eigenvalue weighted by molar-refractivity contribution is -0.126. The summed E-state index contributed by atoms with van der Waals surface area (Å²) >= 11 is 6.27. The molecule has 3 saturated heterocycles. The molecular weight excluding hydrogens is 390 g/mol. The van der Waals surface area contributed by atoms with Crippen LogP contribution in [0.2, 0.25) is 5.02 Å². The fourth-order valence-electron chi connectivity index (χ4n) is 4.89. The van der Waals surface area contributed by atoms with Crippen molar-refractivity contribution in [2.24, 2.45) is 5.92 Å². The quantitative estimate of drug-likeness (QED) is 0.726. The number of ether oxygens (including phenoxy) is 1. The Bertz CT molecular complexity index is 993. The van der Waals surface area contributed by atoms with Crippen LogP contribution in [0.3, 0.4) is 0 Å². The maximum Gasteiger partial charge on any atom is 0.253 e. The van der Waals surface area contributed by atoms with E-state index < -0.39 is 12.0 Å². The Labute approximate surface area is 174 Å². The van der Waals surface area contributed by atoms with Crippen LogP contribution in [0, 0.1) is 12.8 Å². The number of rotatable bonds is 3. The van der Waals surface area contributed by atoms with Gasteiger partial charge < -0.3 is 4.74 Å². The van der Waals surface area contributed by atoms with E-state index in [1.807, 2.05) is 37.3 Å². The van der Waals surface area contributed by atoms with Crippen molar-refractivity contribution >= 4 is 29.1 Å². The number of hydrogen-bond donors (Lipinski definition) is 0. The Kier molecular flexibility index (Phi) is 4.38. The van der Waals surface area contributed by atoms with Crippen molar-refractivity contribution in [2.75, 3.05) is 25.1 Å². The molecule has 5 rings (SSSR count). The SMILES string of the molecule is COc1ccc([C@H]2[C@H]3C(=O)N(c4ccc(C)c(Cl)c4)C(=O)[C@H]3N3CCCN23)cc1. The molecule has 3 fully saturated rings. The molecule has 3 heterocycles. The van der Waals surface area contributed by atoms with Crippen molar-refractivity contribution in [2.45, 2.75) is 25.4 Å². The molecule has 2 amide bonds. The molecular formula is C22H22ClN3O3. The van der Waals surface area contributed by atoms with E-state index in [-0.39, 0.29) is 17.9 Å². The van der Waals surface area contributed by atoms with E-state index in [4.69, 9.17) is 16.3 Å². The van der Waals surface area contributed by atoms with Crippen molar-refractivity contribution in [1.82, 2.24) is 10.0 Å². The fraction of sp³-hybridized carbons (Fsp3) is 0.364. The van der Waals surface area contributed by atoms with Crippen LogP contribution < -0.4 is 9.64 Å². The molecule has 0 saturated carbocycles. The highest BCUT2D eigenvalue weighted by molar-refractivity contribution is 6.32. The predicted octanol–water partition coefficient (Wildman–Crippen LogP) is 3.19. The van der Waals surface area contributed by atoms with Gasteiger partial charge in [-0.3, -0.25) is 9.59 Å². The maximum atomic E-state index is 13.5. The molecule has 0 aliphatic carbocycles. The average molecular weight is 412 g/mol. The summed E-state index contributed by atoms with van der Waals surface area (Å²) in [6.45, 7) is 3.53. The number of fused-ring (bicyclic) bond motifs is 3. The monoisotopic (exact) mass is 411 g/mol. The van der Waals surface area contributed by atoms with E-state index >= 15 is 0 Å². The van der Waals surface area contributed by atoms with Gasteiger partial charge in [-0.25, -0.2) is 14.9 Å². The number of methoxy groups -OCH3 is 1. The van der Waals surface area contributed by atoms with E-state index in [0.29, 0.717) is 10.7 Å².